The molecule has 1 amide bonds. The number of hydrogen-bond donors (Lipinski definition) is 1. The Bertz CT molecular complexity index is 935. The van der Waals surface area contributed by atoms with Gasteiger partial charge in [-0.25, -0.2) is 0 Å². The number of amides is 1. The second-order valence-corrected chi connectivity index (χ2v) is 9.34. The standard InChI is InChI=1S/C27H36N2O3/c1-18-9-11-20(12-10-18)17-29-14-13-22-15-24(31-3)25(32-4)16-23(22)26(29)19(2)28-27(30)21-7-5-6-8-21/h9-12,15-16,19,21,26H,5-8,13-14,17H2,1-4H3,(H,28,30)/t19-,26-/m1/s1. The quantitative estimate of drug-likeness (QED) is 0.677. The number of benzene rings is 2. The molecule has 1 aliphatic carbocycles. The fourth-order valence-corrected chi connectivity index (χ4v) is 5.33. The zero-order chi connectivity index (χ0) is 22.7. The number of carbonyl (C=O) groups is 1. The number of carbonyl (C=O) groups excluding carboxylic acids is 1. The van der Waals surface area contributed by atoms with E-state index in [-0.39, 0.29) is 23.9 Å². The van der Waals surface area contributed by atoms with Crippen LogP contribution >= 0.6 is 0 Å². The second-order valence-electron chi connectivity index (χ2n) is 9.34. The molecule has 0 aromatic heterocycles. The summed E-state index contributed by atoms with van der Waals surface area (Å²) in [4.78, 5) is 15.5. The van der Waals surface area contributed by atoms with Crippen LogP contribution in [0.25, 0.3) is 0 Å². The zero-order valence-electron chi connectivity index (χ0n) is 19.8. The lowest BCUT2D eigenvalue weighted by atomic mass is 9.87. The maximum Gasteiger partial charge on any atom is 0.223 e. The predicted molar refractivity (Wildman–Crippen MR) is 127 cm³/mol. The van der Waals surface area contributed by atoms with Gasteiger partial charge in [-0.3, -0.25) is 9.69 Å². The van der Waals surface area contributed by atoms with Crippen LogP contribution in [0.4, 0.5) is 0 Å². The van der Waals surface area contributed by atoms with Crippen LogP contribution in [0.3, 0.4) is 0 Å². The van der Waals surface area contributed by atoms with Crippen LogP contribution in [0.2, 0.25) is 0 Å². The van der Waals surface area contributed by atoms with Crippen LogP contribution in [0.15, 0.2) is 36.4 Å². The van der Waals surface area contributed by atoms with E-state index in [1.165, 1.54) is 22.3 Å². The number of hydrogen-bond acceptors (Lipinski definition) is 4. The number of nitrogens with zero attached hydrogens (tertiary/aromatic N) is 1. The third-order valence-corrected chi connectivity index (χ3v) is 7.10. The van der Waals surface area contributed by atoms with Crippen LogP contribution in [0.1, 0.15) is 60.9 Å². The molecule has 0 unspecified atom stereocenters. The van der Waals surface area contributed by atoms with E-state index >= 15 is 0 Å². The lowest BCUT2D eigenvalue weighted by Crippen LogP contribution is -2.48. The van der Waals surface area contributed by atoms with Crippen LogP contribution < -0.4 is 14.8 Å². The molecule has 32 heavy (non-hydrogen) atoms. The smallest absolute Gasteiger partial charge is 0.223 e. The van der Waals surface area contributed by atoms with Crippen LogP contribution in [0, 0.1) is 12.8 Å². The normalized spacial score (nSPS) is 19.9. The molecular formula is C27H36N2O3. The van der Waals surface area contributed by atoms with Gasteiger partial charge in [-0.1, -0.05) is 42.7 Å². The molecule has 1 aliphatic heterocycles. The Labute approximate surface area is 192 Å². The minimum atomic E-state index is -0.00861. The Balaban J connectivity index is 1.65. The molecule has 172 valence electrons. The first-order valence-electron chi connectivity index (χ1n) is 11.8. The number of aryl methyl sites for hydroxylation is 1. The van der Waals surface area contributed by atoms with Crippen molar-refractivity contribution in [2.45, 2.75) is 64.6 Å². The molecule has 2 atom stereocenters. The van der Waals surface area contributed by atoms with E-state index in [0.29, 0.717) is 0 Å². The molecule has 2 aliphatic rings. The van der Waals surface area contributed by atoms with Crippen molar-refractivity contribution in [1.29, 1.82) is 0 Å². The van der Waals surface area contributed by atoms with Crippen molar-refractivity contribution in [2.75, 3.05) is 20.8 Å². The zero-order valence-corrected chi connectivity index (χ0v) is 19.8. The minimum absolute atomic E-state index is 0.00861. The van der Waals surface area contributed by atoms with E-state index < -0.39 is 0 Å². The molecule has 2 aromatic carbocycles. The van der Waals surface area contributed by atoms with E-state index in [2.05, 4.69) is 60.5 Å². The van der Waals surface area contributed by atoms with E-state index in [1.807, 2.05) is 0 Å². The summed E-state index contributed by atoms with van der Waals surface area (Å²) in [5.41, 5.74) is 5.05. The molecule has 0 saturated heterocycles. The maximum atomic E-state index is 13.0. The van der Waals surface area contributed by atoms with Crippen LogP contribution in [-0.4, -0.2) is 37.6 Å². The molecule has 4 rings (SSSR count). The summed E-state index contributed by atoms with van der Waals surface area (Å²) in [6.07, 6.45) is 5.29. The number of rotatable bonds is 7. The first kappa shape index (κ1) is 22.7. The first-order chi connectivity index (χ1) is 15.5. The van der Waals surface area contributed by atoms with E-state index in [4.69, 9.17) is 9.47 Å². The summed E-state index contributed by atoms with van der Waals surface area (Å²) in [6, 6.07) is 13.0. The van der Waals surface area contributed by atoms with Crippen molar-refractivity contribution in [3.05, 3.63) is 58.7 Å². The third kappa shape index (κ3) is 4.78. The van der Waals surface area contributed by atoms with Crippen molar-refractivity contribution in [1.82, 2.24) is 10.2 Å². The Kier molecular flexibility index (Phi) is 7.04. The van der Waals surface area contributed by atoms with E-state index in [9.17, 15) is 4.79 Å². The predicted octanol–water partition coefficient (Wildman–Crippen LogP) is 4.81. The average Bonchev–Trinajstić information content (AvgIpc) is 3.34. The molecule has 1 N–H and O–H groups in total. The summed E-state index contributed by atoms with van der Waals surface area (Å²) < 4.78 is 11.2. The van der Waals surface area contributed by atoms with Crippen molar-refractivity contribution >= 4 is 5.91 Å². The largest absolute Gasteiger partial charge is 0.493 e. The highest BCUT2D eigenvalue weighted by atomic mass is 16.5. The summed E-state index contributed by atoms with van der Waals surface area (Å²) >= 11 is 0. The third-order valence-electron chi connectivity index (χ3n) is 7.10. The Morgan fingerprint density at radius 1 is 1.09 bits per heavy atom. The summed E-state index contributed by atoms with van der Waals surface area (Å²) in [7, 11) is 3.36. The van der Waals surface area contributed by atoms with Gasteiger partial charge in [-0.05, 0) is 61.9 Å². The molecular weight excluding hydrogens is 400 g/mol. The molecule has 1 fully saturated rings. The first-order valence-corrected chi connectivity index (χ1v) is 11.8. The van der Waals surface area contributed by atoms with Crippen LogP contribution in [0.5, 0.6) is 11.5 Å². The molecule has 0 bridgehead atoms. The summed E-state index contributed by atoms with van der Waals surface area (Å²) in [6.45, 7) is 6.04. The molecule has 5 nitrogen and oxygen atoms in total. The molecule has 1 saturated carbocycles. The van der Waals surface area contributed by atoms with Gasteiger partial charge in [-0.2, -0.15) is 0 Å². The van der Waals surface area contributed by atoms with Crippen molar-refractivity contribution < 1.29 is 14.3 Å². The van der Waals surface area contributed by atoms with Crippen LogP contribution in [-0.2, 0) is 17.8 Å². The van der Waals surface area contributed by atoms with Gasteiger partial charge in [0, 0.05) is 25.0 Å². The molecule has 2 aromatic rings. The highest BCUT2D eigenvalue weighted by Gasteiger charge is 2.35. The fraction of sp³-hybridized carbons (Fsp3) is 0.519. The average molecular weight is 437 g/mol. The molecule has 0 radical (unpaired) electrons. The topological polar surface area (TPSA) is 50.8 Å². The van der Waals surface area contributed by atoms with Gasteiger partial charge in [0.15, 0.2) is 11.5 Å². The number of nitrogens with one attached hydrogen (secondary N) is 1. The lowest BCUT2D eigenvalue weighted by Gasteiger charge is -2.41. The number of fused-ring (bicyclic) bond motifs is 1. The summed E-state index contributed by atoms with van der Waals surface area (Å²) in [5.74, 6) is 1.87. The van der Waals surface area contributed by atoms with Crippen molar-refractivity contribution in [3.8, 4) is 11.5 Å². The Hall–Kier alpha value is -2.53. The SMILES string of the molecule is COc1cc2c(cc1OC)[C@@H]([C@@H](C)NC(=O)C1CCCC1)N(Cc1ccc(C)cc1)CC2. The Morgan fingerprint density at radius 2 is 1.75 bits per heavy atom. The maximum absolute atomic E-state index is 13.0. The minimum Gasteiger partial charge on any atom is -0.493 e. The fourth-order valence-electron chi connectivity index (χ4n) is 5.33. The second kappa shape index (κ2) is 9.95. The Morgan fingerprint density at radius 3 is 2.41 bits per heavy atom. The van der Waals surface area contributed by atoms with Gasteiger partial charge in [0.05, 0.1) is 20.3 Å². The lowest BCUT2D eigenvalue weighted by molar-refractivity contribution is -0.126. The van der Waals surface area contributed by atoms with Gasteiger partial charge in [0.1, 0.15) is 0 Å². The number of methoxy groups -OCH3 is 2. The van der Waals surface area contributed by atoms with Gasteiger partial charge >= 0.3 is 0 Å². The monoisotopic (exact) mass is 436 g/mol. The van der Waals surface area contributed by atoms with Crippen molar-refractivity contribution in [2.24, 2.45) is 5.92 Å². The highest BCUT2D eigenvalue weighted by Crippen LogP contribution is 2.40. The van der Waals surface area contributed by atoms with Gasteiger partial charge in [0.2, 0.25) is 5.91 Å². The van der Waals surface area contributed by atoms with Gasteiger partial charge in [0.25, 0.3) is 0 Å². The van der Waals surface area contributed by atoms with Crippen molar-refractivity contribution in [3.63, 3.8) is 0 Å². The van der Waals surface area contributed by atoms with E-state index in [1.54, 1.807) is 14.2 Å². The van der Waals surface area contributed by atoms with E-state index in [0.717, 1.165) is 56.7 Å². The molecule has 0 spiro atoms. The molecule has 1 heterocycles. The summed E-state index contributed by atoms with van der Waals surface area (Å²) in [5, 5.41) is 3.37. The van der Waals surface area contributed by atoms with Gasteiger partial charge in [-0.15, -0.1) is 0 Å². The number of ether oxygens (including phenoxy) is 2. The van der Waals surface area contributed by atoms with Gasteiger partial charge < -0.3 is 14.8 Å². The highest BCUT2D eigenvalue weighted by molar-refractivity contribution is 5.79. The molecule has 5 heteroatoms.